The SMILES string of the molecule is COc1ccc(N2CCOCC2)cc1NC(=O)c1ccc2c(c1)OCO2. The van der Waals surface area contributed by atoms with E-state index in [0.717, 1.165) is 18.8 Å². The van der Waals surface area contributed by atoms with Gasteiger partial charge in [-0.05, 0) is 36.4 Å². The molecule has 0 radical (unpaired) electrons. The van der Waals surface area contributed by atoms with E-state index in [1.165, 1.54) is 0 Å². The molecular weight excluding hydrogens is 336 g/mol. The highest BCUT2D eigenvalue weighted by molar-refractivity contribution is 6.05. The van der Waals surface area contributed by atoms with Gasteiger partial charge in [0.2, 0.25) is 6.79 Å². The minimum atomic E-state index is -0.235. The molecule has 0 aromatic heterocycles. The number of morpholine rings is 1. The van der Waals surface area contributed by atoms with Crippen LogP contribution in [0.3, 0.4) is 0 Å². The van der Waals surface area contributed by atoms with Crippen LogP contribution in [0.4, 0.5) is 11.4 Å². The fourth-order valence-corrected chi connectivity index (χ4v) is 3.04. The molecule has 0 unspecified atom stereocenters. The fourth-order valence-electron chi connectivity index (χ4n) is 3.04. The Balaban J connectivity index is 1.56. The first-order valence-corrected chi connectivity index (χ1v) is 8.46. The van der Waals surface area contributed by atoms with E-state index in [4.69, 9.17) is 18.9 Å². The van der Waals surface area contributed by atoms with Gasteiger partial charge in [-0.3, -0.25) is 4.79 Å². The van der Waals surface area contributed by atoms with Crippen molar-refractivity contribution in [3.05, 3.63) is 42.0 Å². The maximum absolute atomic E-state index is 12.7. The van der Waals surface area contributed by atoms with Crippen molar-refractivity contribution in [2.24, 2.45) is 0 Å². The smallest absolute Gasteiger partial charge is 0.255 e. The highest BCUT2D eigenvalue weighted by atomic mass is 16.7. The molecule has 1 amide bonds. The number of rotatable bonds is 4. The monoisotopic (exact) mass is 356 g/mol. The first-order chi connectivity index (χ1) is 12.7. The Hall–Kier alpha value is -2.93. The predicted octanol–water partition coefficient (Wildman–Crippen LogP) is 2.51. The zero-order valence-corrected chi connectivity index (χ0v) is 14.5. The second-order valence-corrected chi connectivity index (χ2v) is 6.01. The summed E-state index contributed by atoms with van der Waals surface area (Å²) in [6, 6.07) is 10.9. The molecule has 26 heavy (non-hydrogen) atoms. The number of hydrogen-bond donors (Lipinski definition) is 1. The molecular formula is C19H20N2O5. The van der Waals surface area contributed by atoms with Gasteiger partial charge in [0, 0.05) is 24.3 Å². The molecule has 1 N–H and O–H groups in total. The minimum Gasteiger partial charge on any atom is -0.495 e. The molecule has 2 heterocycles. The number of ether oxygens (including phenoxy) is 4. The Morgan fingerprint density at radius 3 is 2.69 bits per heavy atom. The normalized spacial score (nSPS) is 15.7. The molecule has 1 saturated heterocycles. The van der Waals surface area contributed by atoms with E-state index >= 15 is 0 Å². The lowest BCUT2D eigenvalue weighted by Crippen LogP contribution is -2.36. The van der Waals surface area contributed by atoms with Crippen LogP contribution in [0.2, 0.25) is 0 Å². The summed E-state index contributed by atoms with van der Waals surface area (Å²) in [7, 11) is 1.58. The van der Waals surface area contributed by atoms with Gasteiger partial charge in [0.15, 0.2) is 11.5 Å². The first kappa shape index (κ1) is 16.5. The molecule has 4 rings (SSSR count). The summed E-state index contributed by atoms with van der Waals surface area (Å²) in [6.45, 7) is 3.22. The average molecular weight is 356 g/mol. The average Bonchev–Trinajstić information content (AvgIpc) is 3.16. The Kier molecular flexibility index (Phi) is 4.53. The van der Waals surface area contributed by atoms with Crippen molar-refractivity contribution >= 4 is 17.3 Å². The third kappa shape index (κ3) is 3.25. The van der Waals surface area contributed by atoms with Gasteiger partial charge in [-0.15, -0.1) is 0 Å². The van der Waals surface area contributed by atoms with E-state index in [1.54, 1.807) is 25.3 Å². The third-order valence-electron chi connectivity index (χ3n) is 4.44. The van der Waals surface area contributed by atoms with Crippen molar-refractivity contribution < 1.29 is 23.7 Å². The molecule has 1 fully saturated rings. The summed E-state index contributed by atoms with van der Waals surface area (Å²) in [4.78, 5) is 14.9. The van der Waals surface area contributed by atoms with Crippen molar-refractivity contribution in [3.63, 3.8) is 0 Å². The number of nitrogens with zero attached hydrogens (tertiary/aromatic N) is 1. The van der Waals surface area contributed by atoms with E-state index in [2.05, 4.69) is 10.2 Å². The lowest BCUT2D eigenvalue weighted by atomic mass is 10.1. The van der Waals surface area contributed by atoms with Gasteiger partial charge < -0.3 is 29.2 Å². The predicted molar refractivity (Wildman–Crippen MR) is 96.5 cm³/mol. The molecule has 2 aliphatic rings. The van der Waals surface area contributed by atoms with E-state index in [1.807, 2.05) is 18.2 Å². The fraction of sp³-hybridized carbons (Fsp3) is 0.316. The summed E-state index contributed by atoms with van der Waals surface area (Å²) in [5.74, 6) is 1.59. The van der Waals surface area contributed by atoms with Gasteiger partial charge in [-0.25, -0.2) is 0 Å². The van der Waals surface area contributed by atoms with Gasteiger partial charge in [0.05, 0.1) is 26.0 Å². The molecule has 0 aliphatic carbocycles. The lowest BCUT2D eigenvalue weighted by molar-refractivity contribution is 0.102. The van der Waals surface area contributed by atoms with Crippen molar-refractivity contribution in [3.8, 4) is 17.2 Å². The number of benzene rings is 2. The Bertz CT molecular complexity index is 818. The highest BCUT2D eigenvalue weighted by Gasteiger charge is 2.18. The summed E-state index contributed by atoms with van der Waals surface area (Å²) in [5.41, 5.74) is 2.14. The van der Waals surface area contributed by atoms with Gasteiger partial charge >= 0.3 is 0 Å². The first-order valence-electron chi connectivity index (χ1n) is 8.46. The third-order valence-corrected chi connectivity index (χ3v) is 4.44. The second-order valence-electron chi connectivity index (χ2n) is 6.01. The zero-order valence-electron chi connectivity index (χ0n) is 14.5. The van der Waals surface area contributed by atoms with Crippen LogP contribution in [0.25, 0.3) is 0 Å². The highest BCUT2D eigenvalue weighted by Crippen LogP contribution is 2.34. The van der Waals surface area contributed by atoms with Crippen molar-refractivity contribution in [2.75, 3.05) is 50.4 Å². The van der Waals surface area contributed by atoms with Crippen LogP contribution in [0, 0.1) is 0 Å². The summed E-state index contributed by atoms with van der Waals surface area (Å²) in [5, 5.41) is 2.93. The van der Waals surface area contributed by atoms with Crippen LogP contribution >= 0.6 is 0 Å². The van der Waals surface area contributed by atoms with Crippen LogP contribution in [-0.4, -0.2) is 46.1 Å². The zero-order chi connectivity index (χ0) is 17.9. The molecule has 0 saturated carbocycles. The van der Waals surface area contributed by atoms with Gasteiger partial charge in [-0.1, -0.05) is 0 Å². The Morgan fingerprint density at radius 2 is 1.88 bits per heavy atom. The number of methoxy groups -OCH3 is 1. The van der Waals surface area contributed by atoms with E-state index in [9.17, 15) is 4.79 Å². The second kappa shape index (κ2) is 7.13. The molecule has 0 atom stereocenters. The van der Waals surface area contributed by atoms with Crippen LogP contribution < -0.4 is 24.4 Å². The summed E-state index contributed by atoms with van der Waals surface area (Å²) >= 11 is 0. The van der Waals surface area contributed by atoms with Crippen LogP contribution in [-0.2, 0) is 4.74 Å². The topological polar surface area (TPSA) is 69.3 Å². The van der Waals surface area contributed by atoms with Gasteiger partial charge in [0.25, 0.3) is 5.91 Å². The number of amides is 1. The number of nitrogens with one attached hydrogen (secondary N) is 1. The minimum absolute atomic E-state index is 0.176. The van der Waals surface area contributed by atoms with Crippen LogP contribution in [0.5, 0.6) is 17.2 Å². The van der Waals surface area contributed by atoms with Crippen molar-refractivity contribution in [1.29, 1.82) is 0 Å². The maximum atomic E-state index is 12.7. The molecule has 2 aliphatic heterocycles. The molecule has 7 nitrogen and oxygen atoms in total. The van der Waals surface area contributed by atoms with Gasteiger partial charge in [0.1, 0.15) is 5.75 Å². The van der Waals surface area contributed by atoms with Crippen molar-refractivity contribution in [2.45, 2.75) is 0 Å². The molecule has 7 heteroatoms. The lowest BCUT2D eigenvalue weighted by Gasteiger charge is -2.29. The molecule has 0 bridgehead atoms. The Morgan fingerprint density at radius 1 is 1.08 bits per heavy atom. The van der Waals surface area contributed by atoms with E-state index in [-0.39, 0.29) is 12.7 Å². The molecule has 2 aromatic carbocycles. The standard InChI is InChI=1S/C19H20N2O5/c1-23-16-5-3-14(21-6-8-24-9-7-21)11-15(16)20-19(22)13-2-4-17-18(10-13)26-12-25-17/h2-5,10-11H,6-9,12H2,1H3,(H,20,22). The number of hydrogen-bond acceptors (Lipinski definition) is 6. The molecule has 2 aromatic rings. The number of anilines is 2. The summed E-state index contributed by atoms with van der Waals surface area (Å²) in [6.07, 6.45) is 0. The number of fused-ring (bicyclic) bond motifs is 1. The largest absolute Gasteiger partial charge is 0.495 e. The number of carbonyl (C=O) groups is 1. The summed E-state index contributed by atoms with van der Waals surface area (Å²) < 4.78 is 21.4. The number of carbonyl (C=O) groups excluding carboxylic acids is 1. The molecule has 0 spiro atoms. The van der Waals surface area contributed by atoms with Gasteiger partial charge in [-0.2, -0.15) is 0 Å². The quantitative estimate of drug-likeness (QED) is 0.908. The van der Waals surface area contributed by atoms with Crippen molar-refractivity contribution in [1.82, 2.24) is 0 Å². The van der Waals surface area contributed by atoms with Crippen LogP contribution in [0.1, 0.15) is 10.4 Å². The van der Waals surface area contributed by atoms with E-state index < -0.39 is 0 Å². The van der Waals surface area contributed by atoms with E-state index in [0.29, 0.717) is 41.7 Å². The molecule has 136 valence electrons. The van der Waals surface area contributed by atoms with Crippen LogP contribution in [0.15, 0.2) is 36.4 Å². The maximum Gasteiger partial charge on any atom is 0.255 e. The Labute approximate surface area is 151 Å².